The second kappa shape index (κ2) is 4.69. The van der Waals surface area contributed by atoms with Gasteiger partial charge in [0.05, 0.1) is 17.2 Å². The number of likely N-dealkylation sites (tertiary alicyclic amines) is 1. The van der Waals surface area contributed by atoms with Crippen LogP contribution in [0.3, 0.4) is 0 Å². The second-order valence-electron chi connectivity index (χ2n) is 4.23. The molecule has 1 aromatic rings. The number of aliphatic carboxylic acids is 1. The lowest BCUT2D eigenvalue weighted by Crippen LogP contribution is -2.40. The molecule has 0 saturated carbocycles. The summed E-state index contributed by atoms with van der Waals surface area (Å²) in [5.74, 6) is -1.90. The molecule has 1 aromatic heterocycles. The fraction of sp³-hybridized carbons (Fsp3) is 0.400. The molecule has 9 nitrogen and oxygen atoms in total. The first-order valence-electron chi connectivity index (χ1n) is 5.44. The Balaban J connectivity index is 2.22. The van der Waals surface area contributed by atoms with Crippen molar-refractivity contribution in [2.24, 2.45) is 0 Å². The van der Waals surface area contributed by atoms with Gasteiger partial charge in [-0.15, -0.1) is 0 Å². The molecule has 19 heavy (non-hydrogen) atoms. The Morgan fingerprint density at radius 1 is 1.53 bits per heavy atom. The smallest absolute Gasteiger partial charge is 0.326 e. The number of carbonyl (C=O) groups excluding carboxylic acids is 1. The maximum absolute atomic E-state index is 12.0. The van der Waals surface area contributed by atoms with Gasteiger partial charge in [0, 0.05) is 19.0 Å². The molecule has 0 radical (unpaired) electrons. The van der Waals surface area contributed by atoms with E-state index in [2.05, 4.69) is 4.98 Å². The number of hydrogen-bond acceptors (Lipinski definition) is 5. The molecule has 1 amide bonds. The highest BCUT2D eigenvalue weighted by Gasteiger charge is 2.39. The van der Waals surface area contributed by atoms with Crippen molar-refractivity contribution >= 4 is 17.6 Å². The molecule has 2 rings (SSSR count). The summed E-state index contributed by atoms with van der Waals surface area (Å²) in [6.45, 7) is -0.109. The van der Waals surface area contributed by atoms with E-state index in [0.29, 0.717) is 0 Å². The van der Waals surface area contributed by atoms with Crippen LogP contribution >= 0.6 is 0 Å². The first-order chi connectivity index (χ1) is 8.90. The highest BCUT2D eigenvalue weighted by atomic mass is 16.6. The van der Waals surface area contributed by atoms with Gasteiger partial charge in [-0.3, -0.25) is 14.9 Å². The van der Waals surface area contributed by atoms with Gasteiger partial charge in [-0.1, -0.05) is 0 Å². The van der Waals surface area contributed by atoms with E-state index >= 15 is 0 Å². The van der Waals surface area contributed by atoms with Gasteiger partial charge in [0.2, 0.25) is 0 Å². The fourth-order valence-electron chi connectivity index (χ4n) is 2.04. The van der Waals surface area contributed by atoms with E-state index in [1.54, 1.807) is 0 Å². The number of aromatic nitrogens is 1. The quantitative estimate of drug-likeness (QED) is 0.503. The number of hydrogen-bond donors (Lipinski definition) is 3. The molecule has 0 unspecified atom stereocenters. The Kier molecular flexibility index (Phi) is 3.21. The molecule has 102 valence electrons. The van der Waals surface area contributed by atoms with Crippen LogP contribution in [0.1, 0.15) is 16.9 Å². The number of H-pyrrole nitrogens is 1. The minimum Gasteiger partial charge on any atom is -0.480 e. The Hall–Kier alpha value is -2.42. The van der Waals surface area contributed by atoms with Gasteiger partial charge < -0.3 is 20.1 Å². The molecule has 1 fully saturated rings. The molecular weight excluding hydrogens is 258 g/mol. The molecule has 0 bridgehead atoms. The van der Waals surface area contributed by atoms with E-state index in [-0.39, 0.29) is 24.3 Å². The van der Waals surface area contributed by atoms with Crippen LogP contribution in [0.25, 0.3) is 0 Å². The number of nitro groups is 1. The van der Waals surface area contributed by atoms with Crippen molar-refractivity contribution in [3.05, 3.63) is 28.1 Å². The van der Waals surface area contributed by atoms with Gasteiger partial charge in [0.25, 0.3) is 11.6 Å². The molecule has 2 atom stereocenters. The largest absolute Gasteiger partial charge is 0.480 e. The Labute approximate surface area is 106 Å². The van der Waals surface area contributed by atoms with Crippen LogP contribution in [-0.2, 0) is 4.79 Å². The molecule has 0 aliphatic carbocycles. The van der Waals surface area contributed by atoms with Crippen molar-refractivity contribution in [3.8, 4) is 0 Å². The van der Waals surface area contributed by atoms with Crippen molar-refractivity contribution in [2.45, 2.75) is 18.6 Å². The number of aliphatic hydroxyl groups is 1. The van der Waals surface area contributed by atoms with Gasteiger partial charge in [-0.25, -0.2) is 4.79 Å². The molecule has 0 aromatic carbocycles. The maximum atomic E-state index is 12.0. The molecule has 9 heteroatoms. The lowest BCUT2D eigenvalue weighted by molar-refractivity contribution is -0.384. The molecule has 1 aliphatic heterocycles. The van der Waals surface area contributed by atoms with Gasteiger partial charge in [-0.05, 0) is 0 Å². The van der Waals surface area contributed by atoms with E-state index in [1.165, 1.54) is 0 Å². The van der Waals surface area contributed by atoms with Crippen molar-refractivity contribution in [1.29, 1.82) is 0 Å². The van der Waals surface area contributed by atoms with Crippen molar-refractivity contribution < 1.29 is 24.7 Å². The van der Waals surface area contributed by atoms with Gasteiger partial charge in [-0.2, -0.15) is 0 Å². The average molecular weight is 269 g/mol. The summed E-state index contributed by atoms with van der Waals surface area (Å²) in [7, 11) is 0. The number of amides is 1. The Bertz CT molecular complexity index is 539. The lowest BCUT2D eigenvalue weighted by atomic mass is 10.2. The first-order valence-corrected chi connectivity index (χ1v) is 5.44. The van der Waals surface area contributed by atoms with Crippen LogP contribution in [-0.4, -0.2) is 55.6 Å². The first kappa shape index (κ1) is 13.0. The molecule has 2 heterocycles. The SMILES string of the molecule is O=C(O)[C@@H]1C[C@H](O)CN1C(=O)c1cc([N+](=O)[O-])c[nH]1. The molecule has 3 N–H and O–H groups in total. The van der Waals surface area contributed by atoms with Crippen LogP contribution in [0, 0.1) is 10.1 Å². The van der Waals surface area contributed by atoms with Gasteiger partial charge >= 0.3 is 5.97 Å². The summed E-state index contributed by atoms with van der Waals surface area (Å²) in [6.07, 6.45) is 0.0920. The summed E-state index contributed by atoms with van der Waals surface area (Å²) in [6, 6.07) is -0.0868. The lowest BCUT2D eigenvalue weighted by Gasteiger charge is -2.20. The predicted molar refractivity (Wildman–Crippen MR) is 60.5 cm³/mol. The molecule has 0 spiro atoms. The van der Waals surface area contributed by atoms with Crippen LogP contribution < -0.4 is 0 Å². The number of β-amino-alcohol motifs (C(OH)–C–C–N with tert-alkyl or cyclic N) is 1. The fourth-order valence-corrected chi connectivity index (χ4v) is 2.04. The number of nitrogens with one attached hydrogen (secondary N) is 1. The predicted octanol–water partition coefficient (Wildman–Crippen LogP) is -0.417. The number of carbonyl (C=O) groups is 2. The molecule has 1 aliphatic rings. The highest BCUT2D eigenvalue weighted by Crippen LogP contribution is 2.22. The summed E-state index contributed by atoms with van der Waals surface area (Å²) in [5, 5.41) is 28.9. The molecular formula is C10H11N3O6. The second-order valence-corrected chi connectivity index (χ2v) is 4.23. The summed E-state index contributed by atoms with van der Waals surface area (Å²) in [4.78, 5) is 36.3. The van der Waals surface area contributed by atoms with Crippen molar-refractivity contribution in [3.63, 3.8) is 0 Å². The number of nitrogens with zero attached hydrogens (tertiary/aromatic N) is 2. The third kappa shape index (κ3) is 2.40. The molecule has 1 saturated heterocycles. The number of aromatic amines is 1. The van der Waals surface area contributed by atoms with Crippen molar-refractivity contribution in [2.75, 3.05) is 6.54 Å². The maximum Gasteiger partial charge on any atom is 0.326 e. The third-order valence-corrected chi connectivity index (χ3v) is 2.93. The number of aliphatic hydroxyl groups excluding tert-OH is 1. The van der Waals surface area contributed by atoms with E-state index in [4.69, 9.17) is 5.11 Å². The van der Waals surface area contributed by atoms with Crippen LogP contribution in [0.15, 0.2) is 12.3 Å². The standard InChI is InChI=1S/C10H11N3O6/c14-6-2-8(10(16)17)12(4-6)9(15)7-1-5(3-11-7)13(18)19/h1,3,6,8,11,14H,2,4H2,(H,16,17)/t6-,8-/m0/s1. The monoisotopic (exact) mass is 269 g/mol. The van der Waals surface area contributed by atoms with Crippen LogP contribution in [0.4, 0.5) is 5.69 Å². The van der Waals surface area contributed by atoms with Gasteiger partial charge in [0.15, 0.2) is 0 Å². The van der Waals surface area contributed by atoms with E-state index in [1.807, 2.05) is 0 Å². The van der Waals surface area contributed by atoms with Crippen LogP contribution in [0.2, 0.25) is 0 Å². The van der Waals surface area contributed by atoms with Crippen molar-refractivity contribution in [1.82, 2.24) is 9.88 Å². The zero-order valence-corrected chi connectivity index (χ0v) is 9.65. The highest BCUT2D eigenvalue weighted by molar-refractivity contribution is 5.96. The Morgan fingerprint density at radius 3 is 2.74 bits per heavy atom. The topological polar surface area (TPSA) is 137 Å². The van der Waals surface area contributed by atoms with E-state index < -0.39 is 28.9 Å². The number of rotatable bonds is 3. The normalized spacial score (nSPS) is 22.5. The summed E-state index contributed by atoms with van der Waals surface area (Å²) in [5.41, 5.74) is -0.359. The minimum absolute atomic E-state index is 0.0517. The zero-order chi connectivity index (χ0) is 14.2. The average Bonchev–Trinajstić information content (AvgIpc) is 2.94. The van der Waals surface area contributed by atoms with E-state index in [0.717, 1.165) is 17.2 Å². The third-order valence-electron chi connectivity index (χ3n) is 2.93. The van der Waals surface area contributed by atoms with E-state index in [9.17, 15) is 24.8 Å². The zero-order valence-electron chi connectivity index (χ0n) is 9.65. The number of carboxylic acids is 1. The Morgan fingerprint density at radius 2 is 2.21 bits per heavy atom. The number of carboxylic acid groups (broad SMARTS) is 1. The summed E-state index contributed by atoms with van der Waals surface area (Å²) >= 11 is 0. The minimum atomic E-state index is -1.22. The summed E-state index contributed by atoms with van der Waals surface area (Å²) < 4.78 is 0. The van der Waals surface area contributed by atoms with Crippen LogP contribution in [0.5, 0.6) is 0 Å². The van der Waals surface area contributed by atoms with Gasteiger partial charge in [0.1, 0.15) is 11.7 Å².